The zero-order chi connectivity index (χ0) is 20.5. The summed E-state index contributed by atoms with van der Waals surface area (Å²) in [6.07, 6.45) is 1.42. The highest BCUT2D eigenvalue weighted by atomic mass is 35.5. The number of thiazole rings is 1. The van der Waals surface area contributed by atoms with Crippen molar-refractivity contribution in [2.75, 3.05) is 19.7 Å². The van der Waals surface area contributed by atoms with Crippen molar-refractivity contribution in [3.63, 3.8) is 0 Å². The zero-order valence-corrected chi connectivity index (χ0v) is 17.9. The minimum Gasteiger partial charge on any atom is -0.492 e. The highest BCUT2D eigenvalue weighted by molar-refractivity contribution is 7.17. The average Bonchev–Trinajstić information content (AvgIpc) is 3.22. The molecule has 0 saturated carbocycles. The lowest BCUT2D eigenvalue weighted by molar-refractivity contribution is -0.149. The summed E-state index contributed by atoms with van der Waals surface area (Å²) in [5.74, 6) is 0.487. The third-order valence-corrected chi connectivity index (χ3v) is 6.69. The first-order valence-corrected chi connectivity index (χ1v) is 10.9. The van der Waals surface area contributed by atoms with Crippen LogP contribution in [-0.2, 0) is 9.53 Å². The van der Waals surface area contributed by atoms with Crippen molar-refractivity contribution in [2.24, 2.45) is 5.92 Å². The summed E-state index contributed by atoms with van der Waals surface area (Å²) in [5.41, 5.74) is 0.917. The van der Waals surface area contributed by atoms with E-state index in [1.165, 1.54) is 15.9 Å². The summed E-state index contributed by atoms with van der Waals surface area (Å²) in [4.78, 5) is 20.2. The van der Waals surface area contributed by atoms with Gasteiger partial charge in [0.1, 0.15) is 5.82 Å². The van der Waals surface area contributed by atoms with Gasteiger partial charge in [0.25, 0.3) is 0 Å². The van der Waals surface area contributed by atoms with Crippen molar-refractivity contribution in [3.8, 4) is 5.88 Å². The lowest BCUT2D eigenvalue weighted by Crippen LogP contribution is -2.39. The van der Waals surface area contributed by atoms with Gasteiger partial charge in [-0.1, -0.05) is 41.1 Å². The molecule has 29 heavy (non-hydrogen) atoms. The molecule has 0 spiro atoms. The number of esters is 1. The fourth-order valence-electron chi connectivity index (χ4n) is 3.88. The Balaban J connectivity index is 1.69. The largest absolute Gasteiger partial charge is 0.492 e. The minimum atomic E-state index is -0.236. The van der Waals surface area contributed by atoms with E-state index in [9.17, 15) is 9.90 Å². The van der Waals surface area contributed by atoms with Gasteiger partial charge in [-0.05, 0) is 51.4 Å². The van der Waals surface area contributed by atoms with E-state index in [0.29, 0.717) is 48.3 Å². The van der Waals surface area contributed by atoms with Crippen LogP contribution in [-0.4, -0.2) is 50.3 Å². The van der Waals surface area contributed by atoms with Crippen molar-refractivity contribution >= 4 is 33.9 Å². The number of hydrogen-bond donors (Lipinski definition) is 1. The zero-order valence-electron chi connectivity index (χ0n) is 16.3. The molecule has 7 nitrogen and oxygen atoms in total. The van der Waals surface area contributed by atoms with Crippen molar-refractivity contribution in [1.29, 1.82) is 0 Å². The Labute approximate surface area is 177 Å². The van der Waals surface area contributed by atoms with Crippen LogP contribution < -0.4 is 0 Å². The summed E-state index contributed by atoms with van der Waals surface area (Å²) in [5, 5.41) is 15.8. The SMILES string of the molecule is CCOC(=O)C1CCN([C@@H](c2ccccc2Cl)c2sc3nc(C)nn3c2O)CC1. The van der Waals surface area contributed by atoms with Crippen LogP contribution in [0.5, 0.6) is 5.88 Å². The van der Waals surface area contributed by atoms with Gasteiger partial charge in [0, 0.05) is 5.02 Å². The molecule has 9 heteroatoms. The second kappa shape index (κ2) is 8.30. The number of carbonyl (C=O) groups is 1. The Morgan fingerprint density at radius 2 is 2.10 bits per heavy atom. The highest BCUT2D eigenvalue weighted by Crippen LogP contribution is 2.43. The Bertz CT molecular complexity index is 1030. The van der Waals surface area contributed by atoms with Crippen LogP contribution in [0.15, 0.2) is 24.3 Å². The average molecular weight is 435 g/mol. The summed E-state index contributed by atoms with van der Waals surface area (Å²) in [6, 6.07) is 7.43. The number of piperidine rings is 1. The van der Waals surface area contributed by atoms with E-state index in [4.69, 9.17) is 16.3 Å². The Kier molecular flexibility index (Phi) is 5.76. The van der Waals surface area contributed by atoms with Crippen molar-refractivity contribution in [2.45, 2.75) is 32.7 Å². The van der Waals surface area contributed by atoms with E-state index >= 15 is 0 Å². The lowest BCUT2D eigenvalue weighted by Gasteiger charge is -2.36. The number of nitrogens with zero attached hydrogens (tertiary/aromatic N) is 4. The standard InChI is InChI=1S/C20H23ClN4O3S/c1-3-28-19(27)13-8-10-24(11-9-13)16(14-6-4-5-7-15(14)21)17-18(26)25-20(29-17)22-12(2)23-25/h4-7,13,16,26H,3,8-11H2,1-2H3/t16-/m0/s1. The number of carbonyl (C=O) groups excluding carboxylic acids is 1. The number of likely N-dealkylation sites (tertiary alicyclic amines) is 1. The second-order valence-corrected chi connectivity index (χ2v) is 8.55. The predicted molar refractivity (Wildman–Crippen MR) is 111 cm³/mol. The molecule has 1 fully saturated rings. The predicted octanol–water partition coefficient (Wildman–Crippen LogP) is 3.82. The van der Waals surface area contributed by atoms with Gasteiger partial charge in [-0.25, -0.2) is 4.98 Å². The smallest absolute Gasteiger partial charge is 0.309 e. The molecule has 1 N–H and O–H groups in total. The molecule has 0 amide bonds. The number of benzene rings is 1. The number of ether oxygens (including phenoxy) is 1. The van der Waals surface area contributed by atoms with Crippen molar-refractivity contribution in [1.82, 2.24) is 19.5 Å². The molecular weight excluding hydrogens is 412 g/mol. The Morgan fingerprint density at radius 3 is 2.76 bits per heavy atom. The maximum Gasteiger partial charge on any atom is 0.309 e. The van der Waals surface area contributed by atoms with Gasteiger partial charge in [0.15, 0.2) is 0 Å². The highest BCUT2D eigenvalue weighted by Gasteiger charge is 2.35. The molecule has 0 radical (unpaired) electrons. The molecule has 3 heterocycles. The third kappa shape index (κ3) is 3.84. The summed E-state index contributed by atoms with van der Waals surface area (Å²) in [6.45, 7) is 5.42. The van der Waals surface area contributed by atoms with Crippen LogP contribution in [0.2, 0.25) is 5.02 Å². The van der Waals surface area contributed by atoms with Gasteiger partial charge in [-0.2, -0.15) is 4.52 Å². The Morgan fingerprint density at radius 1 is 1.38 bits per heavy atom. The van der Waals surface area contributed by atoms with E-state index in [-0.39, 0.29) is 23.8 Å². The topological polar surface area (TPSA) is 80.0 Å². The first-order valence-electron chi connectivity index (χ1n) is 9.69. The van der Waals surface area contributed by atoms with Gasteiger partial charge in [0.05, 0.1) is 23.4 Å². The molecule has 0 aliphatic carbocycles. The van der Waals surface area contributed by atoms with Gasteiger partial charge >= 0.3 is 5.97 Å². The molecule has 4 rings (SSSR count). The van der Waals surface area contributed by atoms with Crippen LogP contribution in [0, 0.1) is 12.8 Å². The maximum atomic E-state index is 12.1. The van der Waals surface area contributed by atoms with E-state index in [2.05, 4.69) is 15.0 Å². The molecule has 154 valence electrons. The number of aromatic nitrogens is 3. The number of aryl methyl sites for hydroxylation is 1. The lowest BCUT2D eigenvalue weighted by atomic mass is 9.93. The van der Waals surface area contributed by atoms with Gasteiger partial charge in [-0.3, -0.25) is 9.69 Å². The molecule has 0 unspecified atom stereocenters. The number of fused-ring (bicyclic) bond motifs is 1. The number of aromatic hydroxyl groups is 1. The van der Waals surface area contributed by atoms with Crippen LogP contribution in [0.25, 0.3) is 4.96 Å². The van der Waals surface area contributed by atoms with Crippen LogP contribution in [0.4, 0.5) is 0 Å². The quantitative estimate of drug-likeness (QED) is 0.615. The molecule has 1 aromatic carbocycles. The molecule has 1 atom stereocenters. The molecule has 1 aliphatic heterocycles. The molecule has 2 aromatic heterocycles. The van der Waals surface area contributed by atoms with Crippen LogP contribution in [0.3, 0.4) is 0 Å². The minimum absolute atomic E-state index is 0.0861. The van der Waals surface area contributed by atoms with Crippen molar-refractivity contribution < 1.29 is 14.6 Å². The summed E-state index contributed by atoms with van der Waals surface area (Å²) in [7, 11) is 0. The number of halogens is 1. The van der Waals surface area contributed by atoms with E-state index in [1.807, 2.05) is 31.2 Å². The fourth-order valence-corrected chi connectivity index (χ4v) is 5.27. The van der Waals surface area contributed by atoms with Gasteiger partial charge in [0.2, 0.25) is 10.8 Å². The first-order chi connectivity index (χ1) is 14.0. The molecular formula is C20H23ClN4O3S. The van der Waals surface area contributed by atoms with Crippen LogP contribution in [0.1, 0.15) is 42.1 Å². The summed E-state index contributed by atoms with van der Waals surface area (Å²) < 4.78 is 6.67. The first kappa shape index (κ1) is 20.1. The molecule has 3 aromatic rings. The Hall–Kier alpha value is -2.16. The van der Waals surface area contributed by atoms with Gasteiger partial charge in [-0.15, -0.1) is 5.10 Å². The summed E-state index contributed by atoms with van der Waals surface area (Å²) >= 11 is 7.96. The van der Waals surface area contributed by atoms with Crippen molar-refractivity contribution in [3.05, 3.63) is 45.6 Å². The second-order valence-electron chi connectivity index (χ2n) is 7.13. The van der Waals surface area contributed by atoms with Gasteiger partial charge < -0.3 is 9.84 Å². The molecule has 0 bridgehead atoms. The maximum absolute atomic E-state index is 12.1. The van der Waals surface area contributed by atoms with E-state index < -0.39 is 0 Å². The molecule has 1 aliphatic rings. The van der Waals surface area contributed by atoms with E-state index in [1.54, 1.807) is 6.92 Å². The third-order valence-electron chi connectivity index (χ3n) is 5.27. The number of rotatable bonds is 5. The normalized spacial score (nSPS) is 16.9. The monoisotopic (exact) mass is 434 g/mol. The van der Waals surface area contributed by atoms with E-state index in [0.717, 1.165) is 10.4 Å². The van der Waals surface area contributed by atoms with Crippen LogP contribution >= 0.6 is 22.9 Å². The fraction of sp³-hybridized carbons (Fsp3) is 0.450. The molecule has 1 saturated heterocycles. The number of hydrogen-bond acceptors (Lipinski definition) is 7.